The summed E-state index contributed by atoms with van der Waals surface area (Å²) >= 11 is 0. The highest BCUT2D eigenvalue weighted by Crippen LogP contribution is 2.32. The minimum atomic E-state index is -1.03. The third-order valence-corrected chi connectivity index (χ3v) is 4.36. The first-order valence-electron chi connectivity index (χ1n) is 7.37. The van der Waals surface area contributed by atoms with E-state index in [9.17, 15) is 14.7 Å². The minimum absolute atomic E-state index is 0.0348. The first-order valence-corrected chi connectivity index (χ1v) is 7.37. The Morgan fingerprint density at radius 3 is 2.57 bits per heavy atom. The fourth-order valence-corrected chi connectivity index (χ4v) is 2.85. The molecule has 0 aromatic carbocycles. The predicted octanol–water partition coefficient (Wildman–Crippen LogP) is 0.843. The zero-order chi connectivity index (χ0) is 15.6. The second-order valence-corrected chi connectivity index (χ2v) is 6.02. The number of nitriles is 1. The summed E-state index contributed by atoms with van der Waals surface area (Å²) < 4.78 is 2.34. The predicted molar refractivity (Wildman–Crippen MR) is 77.9 cm³/mol. The number of hydrogen-bond acceptors (Lipinski definition) is 4. The molecule has 1 aromatic rings. The lowest BCUT2D eigenvalue weighted by Crippen LogP contribution is -2.48. The van der Waals surface area contributed by atoms with Crippen LogP contribution in [0.1, 0.15) is 45.1 Å². The highest BCUT2D eigenvalue weighted by Gasteiger charge is 2.33. The molecule has 1 heterocycles. The molecule has 0 spiro atoms. The van der Waals surface area contributed by atoms with Crippen molar-refractivity contribution in [2.24, 2.45) is 5.92 Å². The van der Waals surface area contributed by atoms with E-state index in [2.05, 4.69) is 6.92 Å². The molecule has 2 rings (SSSR count). The molecule has 21 heavy (non-hydrogen) atoms. The molecule has 114 valence electrons. The van der Waals surface area contributed by atoms with Crippen molar-refractivity contribution < 1.29 is 5.11 Å². The van der Waals surface area contributed by atoms with Crippen molar-refractivity contribution in [2.75, 3.05) is 0 Å². The largest absolute Gasteiger partial charge is 0.388 e. The number of aromatic nitrogens is 2. The van der Waals surface area contributed by atoms with Gasteiger partial charge >= 0.3 is 5.69 Å². The molecule has 6 heteroatoms. The Kier molecular flexibility index (Phi) is 4.33. The second kappa shape index (κ2) is 5.86. The number of aryl methyl sites for hydroxylation is 1. The van der Waals surface area contributed by atoms with Gasteiger partial charge in [-0.15, -0.1) is 0 Å². The molecule has 1 aliphatic carbocycles. The maximum absolute atomic E-state index is 12.3. The average Bonchev–Trinajstić information content (AvgIpc) is 2.47. The van der Waals surface area contributed by atoms with E-state index in [0.29, 0.717) is 25.3 Å². The van der Waals surface area contributed by atoms with Crippen LogP contribution in [0.2, 0.25) is 0 Å². The van der Waals surface area contributed by atoms with Crippen molar-refractivity contribution in [3.05, 3.63) is 32.6 Å². The normalized spacial score (nSPS) is 25.5. The molecule has 6 nitrogen and oxygen atoms in total. The molecule has 1 N–H and O–H groups in total. The van der Waals surface area contributed by atoms with Crippen LogP contribution in [0.3, 0.4) is 0 Å². The van der Waals surface area contributed by atoms with Gasteiger partial charge in [0.25, 0.3) is 5.56 Å². The van der Waals surface area contributed by atoms with Crippen LogP contribution in [-0.4, -0.2) is 19.8 Å². The van der Waals surface area contributed by atoms with Crippen molar-refractivity contribution in [3.8, 4) is 6.07 Å². The van der Waals surface area contributed by atoms with Crippen molar-refractivity contribution in [1.82, 2.24) is 9.13 Å². The Hall–Kier alpha value is -1.87. The summed E-state index contributed by atoms with van der Waals surface area (Å²) in [5.74, 6) is 0.555. The first-order chi connectivity index (χ1) is 9.90. The summed E-state index contributed by atoms with van der Waals surface area (Å²) in [6, 6.07) is 1.82. The summed E-state index contributed by atoms with van der Waals surface area (Å²) in [5, 5.41) is 19.6. The highest BCUT2D eigenvalue weighted by molar-refractivity contribution is 5.22. The number of aliphatic hydroxyl groups is 1. The zero-order valence-corrected chi connectivity index (χ0v) is 12.5. The van der Waals surface area contributed by atoms with Gasteiger partial charge in [-0.2, -0.15) is 5.26 Å². The van der Waals surface area contributed by atoms with Gasteiger partial charge in [-0.05, 0) is 38.5 Å². The molecular formula is C15H21N3O3. The lowest BCUT2D eigenvalue weighted by molar-refractivity contribution is -0.0237. The molecule has 0 aliphatic heterocycles. The fraction of sp³-hybridized carbons (Fsp3) is 0.667. The molecular weight excluding hydrogens is 270 g/mol. The van der Waals surface area contributed by atoms with E-state index in [1.807, 2.05) is 6.07 Å². The molecule has 0 atom stereocenters. The number of nitrogens with zero attached hydrogens (tertiary/aromatic N) is 3. The third kappa shape index (κ3) is 3.08. The standard InChI is InChI=1S/C15H21N3O3/c1-3-17-9-12(8-16)13(19)18(14(17)20)10-15(21)6-4-11(2)5-7-15/h9,11,21H,3-7,10H2,1-2H3. The van der Waals surface area contributed by atoms with Gasteiger partial charge in [0.1, 0.15) is 11.6 Å². The Balaban J connectivity index is 2.43. The van der Waals surface area contributed by atoms with Crippen LogP contribution in [0.5, 0.6) is 0 Å². The summed E-state index contributed by atoms with van der Waals surface area (Å²) in [6.45, 7) is 4.25. The molecule has 0 bridgehead atoms. The SMILES string of the molecule is CCn1cc(C#N)c(=O)n(CC2(O)CCC(C)CC2)c1=O. The van der Waals surface area contributed by atoms with Crippen LogP contribution in [0.4, 0.5) is 0 Å². The van der Waals surface area contributed by atoms with Gasteiger partial charge in [0, 0.05) is 12.7 Å². The van der Waals surface area contributed by atoms with E-state index in [0.717, 1.165) is 17.4 Å². The van der Waals surface area contributed by atoms with Gasteiger partial charge in [-0.1, -0.05) is 6.92 Å². The van der Waals surface area contributed by atoms with E-state index < -0.39 is 16.9 Å². The summed E-state index contributed by atoms with van der Waals surface area (Å²) in [6.07, 6.45) is 4.19. The van der Waals surface area contributed by atoms with E-state index in [-0.39, 0.29) is 12.1 Å². The third-order valence-electron chi connectivity index (χ3n) is 4.36. The van der Waals surface area contributed by atoms with E-state index in [1.54, 1.807) is 6.92 Å². The lowest BCUT2D eigenvalue weighted by atomic mass is 9.79. The number of rotatable bonds is 3. The molecule has 0 unspecified atom stereocenters. The molecule has 0 radical (unpaired) electrons. The van der Waals surface area contributed by atoms with E-state index in [1.165, 1.54) is 10.8 Å². The lowest BCUT2D eigenvalue weighted by Gasteiger charge is -2.35. The molecule has 1 aliphatic rings. The van der Waals surface area contributed by atoms with Crippen LogP contribution in [0.15, 0.2) is 15.8 Å². The van der Waals surface area contributed by atoms with Crippen LogP contribution >= 0.6 is 0 Å². The molecule has 1 fully saturated rings. The molecule has 0 saturated heterocycles. The van der Waals surface area contributed by atoms with Crippen molar-refractivity contribution in [2.45, 2.75) is 58.2 Å². The summed E-state index contributed by atoms with van der Waals surface area (Å²) in [4.78, 5) is 24.5. The van der Waals surface area contributed by atoms with E-state index in [4.69, 9.17) is 5.26 Å². The van der Waals surface area contributed by atoms with Gasteiger partial charge in [-0.3, -0.25) is 13.9 Å². The Morgan fingerprint density at radius 1 is 1.43 bits per heavy atom. The fourth-order valence-electron chi connectivity index (χ4n) is 2.85. The van der Waals surface area contributed by atoms with Crippen molar-refractivity contribution in [3.63, 3.8) is 0 Å². The van der Waals surface area contributed by atoms with Crippen LogP contribution in [-0.2, 0) is 13.1 Å². The highest BCUT2D eigenvalue weighted by atomic mass is 16.3. The summed E-state index contributed by atoms with van der Waals surface area (Å²) in [7, 11) is 0. The van der Waals surface area contributed by atoms with Crippen LogP contribution in [0.25, 0.3) is 0 Å². The minimum Gasteiger partial charge on any atom is -0.388 e. The average molecular weight is 291 g/mol. The molecule has 1 saturated carbocycles. The first kappa shape index (κ1) is 15.5. The monoisotopic (exact) mass is 291 g/mol. The smallest absolute Gasteiger partial charge is 0.331 e. The Morgan fingerprint density at radius 2 is 2.05 bits per heavy atom. The quantitative estimate of drug-likeness (QED) is 0.894. The van der Waals surface area contributed by atoms with Gasteiger partial charge < -0.3 is 5.11 Å². The van der Waals surface area contributed by atoms with Gasteiger partial charge in [0.05, 0.1) is 12.1 Å². The van der Waals surface area contributed by atoms with Crippen LogP contribution in [0, 0.1) is 17.2 Å². The Bertz CT molecular complexity index is 673. The topological polar surface area (TPSA) is 88.0 Å². The summed E-state index contributed by atoms with van der Waals surface area (Å²) in [5.41, 5.74) is -2.17. The maximum Gasteiger partial charge on any atom is 0.331 e. The van der Waals surface area contributed by atoms with Gasteiger partial charge in [0.15, 0.2) is 0 Å². The molecule has 0 amide bonds. The molecule has 1 aromatic heterocycles. The van der Waals surface area contributed by atoms with Gasteiger partial charge in [-0.25, -0.2) is 4.79 Å². The Labute approximate surface area is 123 Å². The number of hydrogen-bond donors (Lipinski definition) is 1. The maximum atomic E-state index is 12.3. The second-order valence-electron chi connectivity index (χ2n) is 6.02. The zero-order valence-electron chi connectivity index (χ0n) is 12.5. The van der Waals surface area contributed by atoms with Crippen molar-refractivity contribution >= 4 is 0 Å². The van der Waals surface area contributed by atoms with Gasteiger partial charge in [0.2, 0.25) is 0 Å². The van der Waals surface area contributed by atoms with E-state index >= 15 is 0 Å². The van der Waals surface area contributed by atoms with Crippen molar-refractivity contribution in [1.29, 1.82) is 5.26 Å². The van der Waals surface area contributed by atoms with Crippen LogP contribution < -0.4 is 11.2 Å².